The second-order valence-corrected chi connectivity index (χ2v) is 9.57. The van der Waals surface area contributed by atoms with Crippen LogP contribution in [0.15, 0.2) is 79.5 Å². The summed E-state index contributed by atoms with van der Waals surface area (Å²) < 4.78 is 31.9. The molecule has 0 saturated heterocycles. The molecule has 0 fully saturated rings. The lowest BCUT2D eigenvalue weighted by Crippen LogP contribution is -2.11. The predicted octanol–water partition coefficient (Wildman–Crippen LogP) is 6.69. The lowest BCUT2D eigenvalue weighted by molar-refractivity contribution is 0.484. The summed E-state index contributed by atoms with van der Waals surface area (Å²) in [6, 6.07) is 16.8. The molecule has 28 heavy (non-hydrogen) atoms. The van der Waals surface area contributed by atoms with Crippen molar-refractivity contribution >= 4 is 65.5 Å². The summed E-state index contributed by atoms with van der Waals surface area (Å²) in [6.07, 6.45) is 1.53. The molecule has 0 amide bonds. The maximum Gasteiger partial charge on any atom is 0.339 e. The fourth-order valence-electron chi connectivity index (χ4n) is 2.32. The van der Waals surface area contributed by atoms with Gasteiger partial charge in [-0.05, 0) is 64.8 Å². The molecular formula is C20H14Br2ClNO3S. The van der Waals surface area contributed by atoms with E-state index in [4.69, 9.17) is 15.8 Å². The fourth-order valence-corrected chi connectivity index (χ4v) is 4.93. The van der Waals surface area contributed by atoms with Crippen molar-refractivity contribution in [2.75, 3.05) is 0 Å². The zero-order valence-electron chi connectivity index (χ0n) is 14.6. The molecule has 0 aliphatic heterocycles. The molecule has 0 atom stereocenters. The van der Waals surface area contributed by atoms with Gasteiger partial charge in [0, 0.05) is 21.3 Å². The first-order valence-electron chi connectivity index (χ1n) is 8.05. The topological polar surface area (TPSA) is 55.7 Å². The first-order valence-corrected chi connectivity index (χ1v) is 11.4. The summed E-state index contributed by atoms with van der Waals surface area (Å²) in [5.74, 6) is 0.147. The van der Waals surface area contributed by atoms with Crippen LogP contribution in [0.1, 0.15) is 11.1 Å². The molecule has 144 valence electrons. The Labute approximate surface area is 185 Å². The Bertz CT molecular complexity index is 1150. The van der Waals surface area contributed by atoms with Crippen LogP contribution < -0.4 is 4.18 Å². The number of hydrogen-bond acceptors (Lipinski definition) is 4. The number of aryl methyl sites for hydroxylation is 1. The molecule has 3 aromatic carbocycles. The van der Waals surface area contributed by atoms with E-state index in [1.54, 1.807) is 36.4 Å². The van der Waals surface area contributed by atoms with E-state index in [-0.39, 0.29) is 10.6 Å². The molecular weight excluding hydrogens is 530 g/mol. The van der Waals surface area contributed by atoms with Crippen LogP contribution in [0.4, 0.5) is 5.69 Å². The van der Waals surface area contributed by atoms with Gasteiger partial charge >= 0.3 is 10.1 Å². The number of aliphatic imine (C=N–C) groups is 1. The Kier molecular flexibility index (Phi) is 6.60. The van der Waals surface area contributed by atoms with Crippen molar-refractivity contribution in [2.24, 2.45) is 4.99 Å². The second kappa shape index (κ2) is 8.78. The van der Waals surface area contributed by atoms with E-state index in [0.29, 0.717) is 20.7 Å². The average molecular weight is 544 g/mol. The third-order valence-corrected chi connectivity index (χ3v) is 6.46. The van der Waals surface area contributed by atoms with Gasteiger partial charge in [-0.2, -0.15) is 8.42 Å². The minimum atomic E-state index is -3.99. The number of nitrogens with zero attached hydrogens (tertiary/aromatic N) is 1. The first-order chi connectivity index (χ1) is 13.3. The van der Waals surface area contributed by atoms with Crippen molar-refractivity contribution in [1.82, 2.24) is 0 Å². The summed E-state index contributed by atoms with van der Waals surface area (Å²) in [4.78, 5) is 4.47. The van der Waals surface area contributed by atoms with Gasteiger partial charge in [-0.1, -0.05) is 51.8 Å². The van der Waals surface area contributed by atoms with E-state index in [1.165, 1.54) is 18.3 Å². The van der Waals surface area contributed by atoms with Gasteiger partial charge in [0.2, 0.25) is 0 Å². The van der Waals surface area contributed by atoms with Gasteiger partial charge < -0.3 is 4.18 Å². The molecule has 3 rings (SSSR count). The van der Waals surface area contributed by atoms with Crippen LogP contribution in [0.2, 0.25) is 5.02 Å². The Balaban J connectivity index is 2.00. The zero-order valence-corrected chi connectivity index (χ0v) is 19.3. The Morgan fingerprint density at radius 2 is 1.75 bits per heavy atom. The summed E-state index contributed by atoms with van der Waals surface area (Å²) in [7, 11) is -3.99. The Morgan fingerprint density at radius 1 is 1.04 bits per heavy atom. The predicted molar refractivity (Wildman–Crippen MR) is 120 cm³/mol. The van der Waals surface area contributed by atoms with Crippen LogP contribution in [-0.2, 0) is 10.1 Å². The van der Waals surface area contributed by atoms with Crippen LogP contribution in [0.25, 0.3) is 0 Å². The van der Waals surface area contributed by atoms with Gasteiger partial charge in [-0.25, -0.2) is 0 Å². The van der Waals surface area contributed by atoms with Crippen molar-refractivity contribution < 1.29 is 12.6 Å². The standard InChI is InChI=1S/C20H14Br2ClNO3S/c1-13-7-8-16(11-19(13)23)24-12-14-9-15(21)10-18(22)20(14)27-28(25,26)17-5-3-2-4-6-17/h2-12H,1H3. The van der Waals surface area contributed by atoms with Crippen molar-refractivity contribution in [3.63, 3.8) is 0 Å². The quantitative estimate of drug-likeness (QED) is 0.266. The molecule has 4 nitrogen and oxygen atoms in total. The van der Waals surface area contributed by atoms with Gasteiger partial charge in [0.25, 0.3) is 0 Å². The molecule has 0 N–H and O–H groups in total. The first kappa shape index (κ1) is 21.0. The largest absolute Gasteiger partial charge is 0.377 e. The smallest absolute Gasteiger partial charge is 0.339 e. The number of benzene rings is 3. The van der Waals surface area contributed by atoms with Crippen molar-refractivity contribution in [3.05, 3.63) is 85.8 Å². The third-order valence-electron chi connectivity index (χ3n) is 3.77. The van der Waals surface area contributed by atoms with Crippen molar-refractivity contribution in [2.45, 2.75) is 11.8 Å². The second-order valence-electron chi connectivity index (χ2n) is 5.85. The fraction of sp³-hybridized carbons (Fsp3) is 0.0500. The van der Waals surface area contributed by atoms with Gasteiger partial charge in [-0.15, -0.1) is 0 Å². The summed E-state index contributed by atoms with van der Waals surface area (Å²) in [5, 5.41) is 0.605. The monoisotopic (exact) mass is 541 g/mol. The highest BCUT2D eigenvalue weighted by atomic mass is 79.9. The zero-order chi connectivity index (χ0) is 20.3. The van der Waals surface area contributed by atoms with Gasteiger partial charge in [-0.3, -0.25) is 4.99 Å². The minimum Gasteiger partial charge on any atom is -0.377 e. The highest BCUT2D eigenvalue weighted by Gasteiger charge is 2.20. The number of hydrogen-bond donors (Lipinski definition) is 0. The van der Waals surface area contributed by atoms with E-state index >= 15 is 0 Å². The van der Waals surface area contributed by atoms with Crippen molar-refractivity contribution in [3.8, 4) is 5.75 Å². The summed E-state index contributed by atoms with van der Waals surface area (Å²) in [6.45, 7) is 1.90. The SMILES string of the molecule is Cc1ccc(N=Cc2cc(Br)cc(Br)c2OS(=O)(=O)c2ccccc2)cc1Cl. The molecule has 0 aliphatic carbocycles. The highest BCUT2D eigenvalue weighted by molar-refractivity contribution is 9.11. The molecule has 0 bridgehead atoms. The molecule has 0 radical (unpaired) electrons. The Morgan fingerprint density at radius 3 is 2.43 bits per heavy atom. The molecule has 0 spiro atoms. The minimum absolute atomic E-state index is 0.0676. The lowest BCUT2D eigenvalue weighted by Gasteiger charge is -2.12. The van der Waals surface area contributed by atoms with Gasteiger partial charge in [0.05, 0.1) is 10.2 Å². The number of halogens is 3. The van der Waals surface area contributed by atoms with Crippen LogP contribution in [0.5, 0.6) is 5.75 Å². The average Bonchev–Trinajstić information content (AvgIpc) is 2.66. The van der Waals surface area contributed by atoms with E-state index in [0.717, 1.165) is 10.0 Å². The summed E-state index contributed by atoms with van der Waals surface area (Å²) in [5.41, 5.74) is 2.07. The van der Waals surface area contributed by atoms with Crippen LogP contribution in [0.3, 0.4) is 0 Å². The van der Waals surface area contributed by atoms with E-state index in [9.17, 15) is 8.42 Å². The Hall–Kier alpha value is -1.67. The lowest BCUT2D eigenvalue weighted by atomic mass is 10.2. The molecule has 8 heteroatoms. The van der Waals surface area contributed by atoms with E-state index in [1.807, 2.05) is 19.1 Å². The third kappa shape index (κ3) is 5.03. The maximum atomic E-state index is 12.6. The molecule has 0 aliphatic rings. The number of rotatable bonds is 5. The molecule has 0 saturated carbocycles. The maximum absolute atomic E-state index is 12.6. The molecule has 0 aromatic heterocycles. The van der Waals surface area contributed by atoms with E-state index in [2.05, 4.69) is 36.9 Å². The van der Waals surface area contributed by atoms with Crippen molar-refractivity contribution in [1.29, 1.82) is 0 Å². The van der Waals surface area contributed by atoms with E-state index < -0.39 is 10.1 Å². The van der Waals surface area contributed by atoms with Crippen LogP contribution in [-0.4, -0.2) is 14.6 Å². The van der Waals surface area contributed by atoms with Gasteiger partial charge in [0.1, 0.15) is 4.90 Å². The van der Waals surface area contributed by atoms with Crippen LogP contribution >= 0.6 is 43.5 Å². The molecule has 3 aromatic rings. The molecule has 0 unspecified atom stereocenters. The van der Waals surface area contributed by atoms with Crippen LogP contribution in [0, 0.1) is 6.92 Å². The summed E-state index contributed by atoms with van der Waals surface area (Å²) >= 11 is 12.9. The van der Waals surface area contributed by atoms with Gasteiger partial charge in [0.15, 0.2) is 5.75 Å². The normalized spacial score (nSPS) is 11.7. The molecule has 0 heterocycles. The highest BCUT2D eigenvalue weighted by Crippen LogP contribution is 2.34.